The maximum absolute atomic E-state index is 13.6. The van der Waals surface area contributed by atoms with Crippen molar-refractivity contribution in [2.45, 2.75) is 17.4 Å². The summed E-state index contributed by atoms with van der Waals surface area (Å²) in [5, 5.41) is 0. The monoisotopic (exact) mass is 301 g/mol. The predicted molar refractivity (Wildman–Crippen MR) is 67.3 cm³/mol. The topological polar surface area (TPSA) is 110 Å². The number of hydrogen-bond donors (Lipinski definition) is 2. The van der Waals surface area contributed by atoms with Gasteiger partial charge in [-0.3, -0.25) is 14.5 Å². The lowest BCUT2D eigenvalue weighted by Gasteiger charge is -2.12. The Morgan fingerprint density at radius 2 is 2.05 bits per heavy atom. The van der Waals surface area contributed by atoms with Crippen molar-refractivity contribution >= 4 is 27.5 Å². The van der Waals surface area contributed by atoms with Crippen LogP contribution in [0.1, 0.15) is 6.42 Å². The molecule has 1 heterocycles. The number of nitrogen functional groups attached to an aromatic ring is 1. The second-order valence-electron chi connectivity index (χ2n) is 4.36. The number of likely N-dealkylation sites (tertiary alicyclic amines) is 1. The Kier molecular flexibility index (Phi) is 3.48. The van der Waals surface area contributed by atoms with E-state index in [0.717, 1.165) is 17.0 Å². The molecule has 7 nitrogen and oxygen atoms in total. The van der Waals surface area contributed by atoms with Gasteiger partial charge in [0, 0.05) is 12.7 Å². The third-order valence-electron chi connectivity index (χ3n) is 2.92. The van der Waals surface area contributed by atoms with Crippen molar-refractivity contribution in [2.75, 3.05) is 12.8 Å². The Balaban J connectivity index is 2.28. The van der Waals surface area contributed by atoms with Crippen molar-refractivity contribution < 1.29 is 22.4 Å². The van der Waals surface area contributed by atoms with Crippen molar-refractivity contribution in [3.8, 4) is 0 Å². The van der Waals surface area contributed by atoms with Crippen LogP contribution in [0, 0.1) is 5.82 Å². The predicted octanol–water partition coefficient (Wildman–Crippen LogP) is -0.557. The molecule has 108 valence electrons. The highest BCUT2D eigenvalue weighted by Crippen LogP contribution is 2.19. The first-order valence-electron chi connectivity index (χ1n) is 5.60. The minimum atomic E-state index is -4.25. The number of halogens is 1. The van der Waals surface area contributed by atoms with E-state index in [1.807, 2.05) is 4.72 Å². The number of anilines is 1. The molecular weight excluding hydrogens is 289 g/mol. The molecule has 3 N–H and O–H groups in total. The number of benzene rings is 1. The molecule has 1 unspecified atom stereocenters. The van der Waals surface area contributed by atoms with E-state index in [2.05, 4.69) is 0 Å². The second kappa shape index (κ2) is 4.84. The summed E-state index contributed by atoms with van der Waals surface area (Å²) in [6.07, 6.45) is -0.287. The molecule has 1 aromatic rings. The average molecular weight is 301 g/mol. The van der Waals surface area contributed by atoms with Crippen molar-refractivity contribution in [3.05, 3.63) is 24.0 Å². The molecule has 1 aromatic carbocycles. The number of nitrogens with two attached hydrogens (primary N) is 1. The second-order valence-corrected chi connectivity index (χ2v) is 6.04. The van der Waals surface area contributed by atoms with Crippen molar-refractivity contribution in [1.29, 1.82) is 0 Å². The molecular formula is C11H12FN3O4S. The number of nitrogens with one attached hydrogen (secondary N) is 1. The molecule has 0 saturated carbocycles. The minimum Gasteiger partial charge on any atom is -0.399 e. The molecule has 1 aliphatic heterocycles. The Labute approximate surface area is 114 Å². The fourth-order valence-corrected chi connectivity index (χ4v) is 3.08. The van der Waals surface area contributed by atoms with Gasteiger partial charge in [0.05, 0.1) is 6.42 Å². The number of amides is 2. The van der Waals surface area contributed by atoms with Crippen LogP contribution < -0.4 is 10.5 Å². The molecule has 1 atom stereocenters. The molecule has 1 fully saturated rings. The van der Waals surface area contributed by atoms with Crippen LogP contribution in [0.2, 0.25) is 0 Å². The van der Waals surface area contributed by atoms with Gasteiger partial charge in [-0.1, -0.05) is 0 Å². The Hall–Kier alpha value is -2.00. The Bertz CT molecular complexity index is 689. The van der Waals surface area contributed by atoms with Gasteiger partial charge < -0.3 is 5.73 Å². The molecule has 0 spiro atoms. The van der Waals surface area contributed by atoms with Gasteiger partial charge in [-0.25, -0.2) is 12.8 Å². The summed E-state index contributed by atoms with van der Waals surface area (Å²) < 4.78 is 39.6. The highest BCUT2D eigenvalue weighted by molar-refractivity contribution is 7.89. The standard InChI is InChI=1S/C11H12FN3O4S/c1-15-10(16)5-8(11(15)17)14-20(18,19)9-3-2-6(13)4-7(9)12/h2-4,8,14H,5,13H2,1H3. The molecule has 20 heavy (non-hydrogen) atoms. The summed E-state index contributed by atoms with van der Waals surface area (Å²) >= 11 is 0. The highest BCUT2D eigenvalue weighted by Gasteiger charge is 2.39. The lowest BCUT2D eigenvalue weighted by atomic mass is 10.3. The summed E-state index contributed by atoms with van der Waals surface area (Å²) in [5.74, 6) is -2.20. The summed E-state index contributed by atoms with van der Waals surface area (Å²) in [5.41, 5.74) is 5.41. The van der Waals surface area contributed by atoms with E-state index in [-0.39, 0.29) is 12.1 Å². The average Bonchev–Trinajstić information content (AvgIpc) is 2.56. The quantitative estimate of drug-likeness (QED) is 0.574. The van der Waals surface area contributed by atoms with E-state index in [4.69, 9.17) is 5.73 Å². The van der Waals surface area contributed by atoms with E-state index >= 15 is 0 Å². The van der Waals surface area contributed by atoms with Crippen LogP contribution in [0.25, 0.3) is 0 Å². The third kappa shape index (κ3) is 2.49. The first-order chi connectivity index (χ1) is 9.22. The zero-order valence-corrected chi connectivity index (χ0v) is 11.3. The van der Waals surface area contributed by atoms with Gasteiger partial charge >= 0.3 is 0 Å². The number of likely N-dealkylation sites (N-methyl/N-ethyl adjacent to an activating group) is 1. The normalized spacial score (nSPS) is 19.7. The minimum absolute atomic E-state index is 0.0771. The summed E-state index contributed by atoms with van der Waals surface area (Å²) in [7, 11) is -3.00. The third-order valence-corrected chi connectivity index (χ3v) is 4.43. The first kappa shape index (κ1) is 14.4. The van der Waals surface area contributed by atoms with Gasteiger partial charge in [-0.2, -0.15) is 4.72 Å². The maximum Gasteiger partial charge on any atom is 0.247 e. The fourth-order valence-electron chi connectivity index (χ4n) is 1.83. The molecule has 0 bridgehead atoms. The van der Waals surface area contributed by atoms with Gasteiger partial charge in [-0.15, -0.1) is 0 Å². The lowest BCUT2D eigenvalue weighted by Crippen LogP contribution is -2.40. The Morgan fingerprint density at radius 3 is 2.55 bits per heavy atom. The van der Waals surface area contributed by atoms with Gasteiger partial charge in [-0.05, 0) is 18.2 Å². The van der Waals surface area contributed by atoms with Gasteiger partial charge in [0.1, 0.15) is 16.8 Å². The van der Waals surface area contributed by atoms with E-state index in [1.165, 1.54) is 13.1 Å². The molecule has 2 rings (SSSR count). The van der Waals surface area contributed by atoms with Gasteiger partial charge in [0.15, 0.2) is 0 Å². The van der Waals surface area contributed by atoms with Crippen molar-refractivity contribution in [3.63, 3.8) is 0 Å². The molecule has 9 heteroatoms. The van der Waals surface area contributed by atoms with E-state index < -0.39 is 38.6 Å². The van der Waals surface area contributed by atoms with E-state index in [1.54, 1.807) is 0 Å². The fraction of sp³-hybridized carbons (Fsp3) is 0.273. The number of hydrogen-bond acceptors (Lipinski definition) is 5. The van der Waals surface area contributed by atoms with Crippen LogP contribution in [0.5, 0.6) is 0 Å². The maximum atomic E-state index is 13.6. The molecule has 2 amide bonds. The largest absolute Gasteiger partial charge is 0.399 e. The summed E-state index contributed by atoms with van der Waals surface area (Å²) in [6.45, 7) is 0. The highest BCUT2D eigenvalue weighted by atomic mass is 32.2. The van der Waals surface area contributed by atoms with Crippen LogP contribution in [0.4, 0.5) is 10.1 Å². The Morgan fingerprint density at radius 1 is 1.40 bits per heavy atom. The molecule has 1 saturated heterocycles. The van der Waals surface area contributed by atoms with Crippen LogP contribution in [-0.2, 0) is 19.6 Å². The SMILES string of the molecule is CN1C(=O)CC(NS(=O)(=O)c2ccc(N)cc2F)C1=O. The van der Waals surface area contributed by atoms with Crippen LogP contribution >= 0.6 is 0 Å². The van der Waals surface area contributed by atoms with Gasteiger partial charge in [0.25, 0.3) is 0 Å². The van der Waals surface area contributed by atoms with Crippen LogP contribution in [0.15, 0.2) is 23.1 Å². The number of carbonyl (C=O) groups excluding carboxylic acids is 2. The van der Waals surface area contributed by atoms with E-state index in [0.29, 0.717) is 0 Å². The molecule has 1 aliphatic rings. The van der Waals surface area contributed by atoms with Crippen LogP contribution in [0.3, 0.4) is 0 Å². The summed E-state index contributed by atoms with van der Waals surface area (Å²) in [6, 6.07) is 1.88. The van der Waals surface area contributed by atoms with Crippen molar-refractivity contribution in [1.82, 2.24) is 9.62 Å². The number of imide groups is 1. The number of rotatable bonds is 3. The number of sulfonamides is 1. The van der Waals surface area contributed by atoms with Crippen LogP contribution in [-0.4, -0.2) is 38.2 Å². The zero-order chi connectivity index (χ0) is 15.1. The lowest BCUT2D eigenvalue weighted by molar-refractivity contribution is -0.137. The molecule has 0 radical (unpaired) electrons. The number of nitrogens with zero attached hydrogens (tertiary/aromatic N) is 1. The molecule has 0 aromatic heterocycles. The summed E-state index contributed by atoms with van der Waals surface area (Å²) in [4.78, 5) is 23.1. The van der Waals surface area contributed by atoms with E-state index in [9.17, 15) is 22.4 Å². The smallest absolute Gasteiger partial charge is 0.247 e. The molecule has 0 aliphatic carbocycles. The first-order valence-corrected chi connectivity index (χ1v) is 7.08. The zero-order valence-electron chi connectivity index (χ0n) is 10.5. The van der Waals surface area contributed by atoms with Crippen molar-refractivity contribution in [2.24, 2.45) is 0 Å². The van der Waals surface area contributed by atoms with Gasteiger partial charge in [0.2, 0.25) is 21.8 Å². The number of carbonyl (C=O) groups is 2.